The molecule has 0 aliphatic carbocycles. The summed E-state index contributed by atoms with van der Waals surface area (Å²) < 4.78 is 28.1. The standard InChI is InChI=1S/C16H8BrClF2N6.C2H6/c17-9-5-11(19)13(12(20)6-9)23-16-25-14(18)24-15(26-16)22-10-3-1-8(7-21)2-4-10;1-2/h1-6H,(H2,22,23,24,25,26);1-2H3. The van der Waals surface area contributed by atoms with Gasteiger partial charge in [-0.25, -0.2) is 8.78 Å². The summed E-state index contributed by atoms with van der Waals surface area (Å²) in [6.07, 6.45) is 0. The van der Waals surface area contributed by atoms with Crippen LogP contribution in [0.5, 0.6) is 0 Å². The zero-order chi connectivity index (χ0) is 20.7. The maximum atomic E-state index is 13.9. The SMILES string of the molecule is CC.N#Cc1ccc(Nc2nc(Cl)nc(Nc3c(F)cc(Br)cc3F)n2)cc1. The lowest BCUT2D eigenvalue weighted by atomic mass is 10.2. The molecule has 0 fully saturated rings. The molecule has 3 rings (SSSR count). The van der Waals surface area contributed by atoms with Crippen LogP contribution in [0.4, 0.5) is 32.1 Å². The zero-order valence-corrected chi connectivity index (χ0v) is 17.1. The molecule has 10 heteroatoms. The van der Waals surface area contributed by atoms with Crippen molar-refractivity contribution < 1.29 is 8.78 Å². The molecule has 6 nitrogen and oxygen atoms in total. The summed E-state index contributed by atoms with van der Waals surface area (Å²) in [5.74, 6) is -1.72. The Morgan fingerprint density at radius 1 is 0.964 bits per heavy atom. The molecule has 0 saturated heterocycles. The highest BCUT2D eigenvalue weighted by Gasteiger charge is 2.13. The van der Waals surface area contributed by atoms with E-state index in [9.17, 15) is 8.78 Å². The molecule has 1 aromatic heterocycles. The van der Waals surface area contributed by atoms with Gasteiger partial charge in [-0.2, -0.15) is 20.2 Å². The molecule has 2 aromatic carbocycles. The number of nitrogens with zero attached hydrogens (tertiary/aromatic N) is 4. The first-order valence-corrected chi connectivity index (χ1v) is 9.22. The van der Waals surface area contributed by atoms with Gasteiger partial charge in [-0.05, 0) is 48.0 Å². The molecule has 144 valence electrons. The molecule has 0 saturated carbocycles. The smallest absolute Gasteiger partial charge is 0.233 e. The van der Waals surface area contributed by atoms with Crippen molar-refractivity contribution in [3.05, 3.63) is 63.4 Å². The van der Waals surface area contributed by atoms with E-state index in [0.29, 0.717) is 11.3 Å². The van der Waals surface area contributed by atoms with E-state index < -0.39 is 17.3 Å². The van der Waals surface area contributed by atoms with Gasteiger partial charge in [0.2, 0.25) is 17.2 Å². The molecule has 0 aliphatic heterocycles. The van der Waals surface area contributed by atoms with Gasteiger partial charge in [0.15, 0.2) is 11.6 Å². The van der Waals surface area contributed by atoms with E-state index in [1.54, 1.807) is 24.3 Å². The van der Waals surface area contributed by atoms with Crippen molar-refractivity contribution >= 4 is 50.8 Å². The number of nitrogens with one attached hydrogen (secondary N) is 2. The van der Waals surface area contributed by atoms with E-state index in [4.69, 9.17) is 16.9 Å². The van der Waals surface area contributed by atoms with Crippen molar-refractivity contribution in [1.82, 2.24) is 15.0 Å². The third-order valence-electron chi connectivity index (χ3n) is 3.12. The Morgan fingerprint density at radius 3 is 2.04 bits per heavy atom. The molecule has 0 radical (unpaired) electrons. The summed E-state index contributed by atoms with van der Waals surface area (Å²) in [6, 6.07) is 10.7. The Labute approximate surface area is 173 Å². The highest BCUT2D eigenvalue weighted by Crippen LogP contribution is 2.26. The van der Waals surface area contributed by atoms with Gasteiger partial charge >= 0.3 is 0 Å². The molecule has 28 heavy (non-hydrogen) atoms. The van der Waals surface area contributed by atoms with Gasteiger partial charge in [-0.3, -0.25) is 0 Å². The number of rotatable bonds is 4. The van der Waals surface area contributed by atoms with Crippen molar-refractivity contribution in [3.8, 4) is 6.07 Å². The van der Waals surface area contributed by atoms with Crippen LogP contribution in [0.3, 0.4) is 0 Å². The van der Waals surface area contributed by atoms with Gasteiger partial charge in [-0.1, -0.05) is 29.8 Å². The van der Waals surface area contributed by atoms with Gasteiger partial charge in [0, 0.05) is 10.2 Å². The number of hydrogen-bond donors (Lipinski definition) is 2. The Balaban J connectivity index is 0.00000136. The Morgan fingerprint density at radius 2 is 1.50 bits per heavy atom. The zero-order valence-electron chi connectivity index (χ0n) is 14.8. The summed E-state index contributed by atoms with van der Waals surface area (Å²) >= 11 is 8.86. The summed E-state index contributed by atoms with van der Waals surface area (Å²) in [4.78, 5) is 11.7. The van der Waals surface area contributed by atoms with E-state index in [1.165, 1.54) is 0 Å². The van der Waals surface area contributed by atoms with E-state index in [2.05, 4.69) is 41.5 Å². The maximum absolute atomic E-state index is 13.9. The molecule has 0 aliphatic rings. The lowest BCUT2D eigenvalue weighted by molar-refractivity contribution is 0.589. The lowest BCUT2D eigenvalue weighted by Gasteiger charge is -2.10. The monoisotopic (exact) mass is 466 g/mol. The minimum atomic E-state index is -0.824. The van der Waals surface area contributed by atoms with Crippen molar-refractivity contribution in [3.63, 3.8) is 0 Å². The molecule has 0 amide bonds. The fraction of sp³-hybridized carbons (Fsp3) is 0.111. The second-order valence-electron chi connectivity index (χ2n) is 4.94. The van der Waals surface area contributed by atoms with Gasteiger partial charge in [0.25, 0.3) is 0 Å². The minimum absolute atomic E-state index is 0.0649. The third-order valence-corrected chi connectivity index (χ3v) is 3.75. The molecule has 0 spiro atoms. The second-order valence-corrected chi connectivity index (χ2v) is 6.19. The quantitative estimate of drug-likeness (QED) is 0.493. The Kier molecular flexibility index (Phi) is 7.61. The molecular formula is C18H14BrClF2N6. The molecule has 1 heterocycles. The fourth-order valence-corrected chi connectivity index (χ4v) is 2.55. The van der Waals surface area contributed by atoms with Crippen LogP contribution in [-0.2, 0) is 0 Å². The first kappa shape index (κ1) is 21.5. The predicted molar refractivity (Wildman–Crippen MR) is 108 cm³/mol. The van der Waals surface area contributed by atoms with Crippen molar-refractivity contribution in [1.29, 1.82) is 5.26 Å². The number of anilines is 4. The second kappa shape index (κ2) is 9.92. The average Bonchev–Trinajstić information content (AvgIpc) is 2.66. The van der Waals surface area contributed by atoms with Crippen molar-refractivity contribution in [2.45, 2.75) is 13.8 Å². The topological polar surface area (TPSA) is 86.5 Å². The largest absolute Gasteiger partial charge is 0.324 e. The fourth-order valence-electron chi connectivity index (χ4n) is 1.99. The van der Waals surface area contributed by atoms with E-state index >= 15 is 0 Å². The summed E-state index contributed by atoms with van der Waals surface area (Å²) in [6.45, 7) is 4.00. The number of hydrogen-bond acceptors (Lipinski definition) is 6. The van der Waals surface area contributed by atoms with Crippen LogP contribution in [0.2, 0.25) is 5.28 Å². The number of aromatic nitrogens is 3. The van der Waals surface area contributed by atoms with Gasteiger partial charge in [0.05, 0.1) is 11.6 Å². The van der Waals surface area contributed by atoms with Crippen LogP contribution in [0.1, 0.15) is 19.4 Å². The molecule has 0 bridgehead atoms. The van der Waals surface area contributed by atoms with E-state index in [-0.39, 0.29) is 21.7 Å². The van der Waals surface area contributed by atoms with E-state index in [1.807, 2.05) is 19.9 Å². The first-order chi connectivity index (χ1) is 13.4. The first-order valence-electron chi connectivity index (χ1n) is 8.05. The van der Waals surface area contributed by atoms with Crippen LogP contribution >= 0.6 is 27.5 Å². The van der Waals surface area contributed by atoms with Crippen LogP contribution in [0, 0.1) is 23.0 Å². The molecule has 3 aromatic rings. The highest BCUT2D eigenvalue weighted by molar-refractivity contribution is 9.10. The van der Waals surface area contributed by atoms with Crippen molar-refractivity contribution in [2.24, 2.45) is 0 Å². The van der Waals surface area contributed by atoms with Crippen LogP contribution in [0.15, 0.2) is 40.9 Å². The summed E-state index contributed by atoms with van der Waals surface area (Å²) in [5.41, 5.74) is 0.672. The number of halogens is 4. The van der Waals surface area contributed by atoms with E-state index in [0.717, 1.165) is 12.1 Å². The van der Waals surface area contributed by atoms with Crippen LogP contribution in [0.25, 0.3) is 0 Å². The molecule has 0 unspecified atom stereocenters. The van der Waals surface area contributed by atoms with Gasteiger partial charge < -0.3 is 10.6 Å². The molecular weight excluding hydrogens is 454 g/mol. The lowest BCUT2D eigenvalue weighted by Crippen LogP contribution is -2.06. The van der Waals surface area contributed by atoms with Crippen LogP contribution in [-0.4, -0.2) is 15.0 Å². The third kappa shape index (κ3) is 5.58. The summed E-state index contributed by atoms with van der Waals surface area (Å²) in [7, 11) is 0. The average molecular weight is 468 g/mol. The van der Waals surface area contributed by atoms with Gasteiger partial charge in [0.1, 0.15) is 5.69 Å². The van der Waals surface area contributed by atoms with Crippen molar-refractivity contribution in [2.75, 3.05) is 10.6 Å². The maximum Gasteiger partial charge on any atom is 0.233 e. The minimum Gasteiger partial charge on any atom is -0.324 e. The summed E-state index contributed by atoms with van der Waals surface area (Å²) in [5, 5.41) is 14.0. The Bertz CT molecular complexity index is 985. The number of benzene rings is 2. The van der Waals surface area contributed by atoms with Crippen LogP contribution < -0.4 is 10.6 Å². The molecule has 0 atom stereocenters. The van der Waals surface area contributed by atoms with Gasteiger partial charge in [-0.15, -0.1) is 0 Å². The molecule has 2 N–H and O–H groups in total. The highest BCUT2D eigenvalue weighted by atomic mass is 79.9. The predicted octanol–water partition coefficient (Wildman–Crippen LogP) is 5.95. The number of nitriles is 1. The normalized spacial score (nSPS) is 9.75. The Hall–Kier alpha value is -2.83.